The van der Waals surface area contributed by atoms with E-state index in [0.717, 1.165) is 57.2 Å². The molecule has 1 aliphatic rings. The van der Waals surface area contributed by atoms with Gasteiger partial charge in [-0.15, -0.1) is 0 Å². The monoisotopic (exact) mass is 646 g/mol. The summed E-state index contributed by atoms with van der Waals surface area (Å²) in [6.07, 6.45) is 0.984. The van der Waals surface area contributed by atoms with Gasteiger partial charge < -0.3 is 25.1 Å². The molecule has 0 bridgehead atoms. The predicted molar refractivity (Wildman–Crippen MR) is 201 cm³/mol. The molecule has 0 atom stereocenters. The summed E-state index contributed by atoms with van der Waals surface area (Å²) < 4.78 is 0. The third kappa shape index (κ3) is 6.02. The molecule has 246 valence electrons. The highest BCUT2D eigenvalue weighted by molar-refractivity contribution is 5.88. The third-order valence-corrected chi connectivity index (χ3v) is 9.89. The average Bonchev–Trinajstić information content (AvgIpc) is 3.38. The third-order valence-electron chi connectivity index (χ3n) is 9.89. The van der Waals surface area contributed by atoms with Crippen LogP contribution in [0.5, 0.6) is 0 Å². The Labute approximate surface area is 289 Å². The van der Waals surface area contributed by atoms with E-state index in [-0.39, 0.29) is 25.2 Å². The van der Waals surface area contributed by atoms with Crippen LogP contribution in [0.25, 0.3) is 11.1 Å². The van der Waals surface area contributed by atoms with Gasteiger partial charge in [-0.25, -0.2) is 0 Å². The molecule has 7 rings (SSSR count). The lowest BCUT2D eigenvalue weighted by atomic mass is 9.82. The fraction of sp³-hybridized carbons (Fsp3) is 0.182. The van der Waals surface area contributed by atoms with Crippen molar-refractivity contribution < 1.29 is 15.3 Å². The zero-order valence-corrected chi connectivity index (χ0v) is 28.3. The van der Waals surface area contributed by atoms with Crippen molar-refractivity contribution in [3.8, 4) is 11.1 Å². The molecule has 5 nitrogen and oxygen atoms in total. The molecule has 49 heavy (non-hydrogen) atoms. The minimum Gasteiger partial charge on any atom is -0.392 e. The Balaban J connectivity index is 1.31. The second-order valence-corrected chi connectivity index (χ2v) is 13.2. The molecule has 0 saturated heterocycles. The number of hydrogen-bond donors (Lipinski definition) is 3. The highest BCUT2D eigenvalue weighted by atomic mass is 16.3. The van der Waals surface area contributed by atoms with Gasteiger partial charge in [-0.2, -0.15) is 0 Å². The zero-order chi connectivity index (χ0) is 34.1. The number of rotatable bonds is 10. The molecule has 5 heteroatoms. The first kappa shape index (κ1) is 32.4. The van der Waals surface area contributed by atoms with E-state index >= 15 is 0 Å². The fourth-order valence-electron chi connectivity index (χ4n) is 7.02. The van der Waals surface area contributed by atoms with E-state index in [1.54, 1.807) is 0 Å². The first-order valence-corrected chi connectivity index (χ1v) is 16.9. The molecule has 0 spiro atoms. The summed E-state index contributed by atoms with van der Waals surface area (Å²) in [4.78, 5) is 4.52. The van der Waals surface area contributed by atoms with Gasteiger partial charge in [-0.05, 0) is 124 Å². The topological polar surface area (TPSA) is 67.2 Å². The van der Waals surface area contributed by atoms with Gasteiger partial charge in [0, 0.05) is 39.5 Å². The van der Waals surface area contributed by atoms with Gasteiger partial charge in [0.25, 0.3) is 0 Å². The summed E-state index contributed by atoms with van der Waals surface area (Å²) in [5, 5.41) is 29.1. The lowest BCUT2D eigenvalue weighted by Gasteiger charge is -2.29. The van der Waals surface area contributed by atoms with Crippen molar-refractivity contribution in [3.05, 3.63) is 167 Å². The quantitative estimate of drug-likeness (QED) is 0.138. The zero-order valence-electron chi connectivity index (χ0n) is 28.3. The van der Waals surface area contributed by atoms with Crippen molar-refractivity contribution in [1.29, 1.82) is 0 Å². The molecule has 0 radical (unpaired) electrons. The Morgan fingerprint density at radius 1 is 0.408 bits per heavy atom. The number of benzene rings is 6. The van der Waals surface area contributed by atoms with Crippen LogP contribution < -0.4 is 9.80 Å². The second kappa shape index (κ2) is 13.4. The lowest BCUT2D eigenvalue weighted by Crippen LogP contribution is -2.17. The Hall–Kier alpha value is -5.20. The number of aryl methyl sites for hydroxylation is 1. The van der Waals surface area contributed by atoms with Gasteiger partial charge in [-0.3, -0.25) is 0 Å². The first-order valence-electron chi connectivity index (χ1n) is 16.9. The number of fused-ring (bicyclic) bond motifs is 3. The molecule has 0 amide bonds. The summed E-state index contributed by atoms with van der Waals surface area (Å²) in [6.45, 7) is 6.78. The van der Waals surface area contributed by atoms with E-state index < -0.39 is 0 Å². The minimum absolute atomic E-state index is 0.00575. The van der Waals surface area contributed by atoms with Crippen LogP contribution in [0, 0.1) is 0 Å². The second-order valence-electron chi connectivity index (χ2n) is 13.2. The Bertz CT molecular complexity index is 1820. The maximum absolute atomic E-state index is 9.70. The molecule has 0 aliphatic heterocycles. The van der Waals surface area contributed by atoms with Gasteiger partial charge in [0.1, 0.15) is 0 Å². The Morgan fingerprint density at radius 2 is 0.694 bits per heavy atom. The Morgan fingerprint density at radius 3 is 0.980 bits per heavy atom. The summed E-state index contributed by atoms with van der Waals surface area (Å²) in [6, 6.07) is 46.4. The van der Waals surface area contributed by atoms with Crippen LogP contribution in [-0.2, 0) is 31.7 Å². The van der Waals surface area contributed by atoms with Gasteiger partial charge in [0.15, 0.2) is 0 Å². The molecule has 1 aliphatic carbocycles. The van der Waals surface area contributed by atoms with Gasteiger partial charge in [-0.1, -0.05) is 81.4 Å². The molecule has 0 aromatic heterocycles. The van der Waals surface area contributed by atoms with Crippen LogP contribution >= 0.6 is 0 Å². The van der Waals surface area contributed by atoms with E-state index in [1.165, 1.54) is 27.8 Å². The highest BCUT2D eigenvalue weighted by Gasteiger charge is 2.37. The lowest BCUT2D eigenvalue weighted by molar-refractivity contribution is 0.281. The average molecular weight is 647 g/mol. The maximum atomic E-state index is 9.70. The predicted octanol–water partition coefficient (Wildman–Crippen LogP) is 9.97. The summed E-state index contributed by atoms with van der Waals surface area (Å²) in [7, 11) is 0. The standard InChI is InChI=1S/C44H42N2O3/c1-4-30-5-13-34(14-6-30)45(35-15-7-31(27-47)8-16-35)38-21-23-40-41-24-22-39(26-43(41)44(2,3)42(40)25-38)46(36-17-9-32(28-48)10-18-36)37-19-11-33(29-49)12-20-37/h5-26,47-49H,4,27-29H2,1-3H3. The molecule has 0 unspecified atom stereocenters. The van der Waals surface area contributed by atoms with E-state index in [2.05, 4.69) is 103 Å². The van der Waals surface area contributed by atoms with Crippen molar-refractivity contribution in [2.45, 2.75) is 52.4 Å². The summed E-state index contributed by atoms with van der Waals surface area (Å²) in [5.41, 5.74) is 14.8. The number of aliphatic hydroxyl groups is 3. The largest absolute Gasteiger partial charge is 0.392 e. The highest BCUT2D eigenvalue weighted by Crippen LogP contribution is 2.52. The SMILES string of the molecule is CCc1ccc(N(c2ccc(CO)cc2)c2ccc3c(c2)C(C)(C)c2cc(N(c4ccc(CO)cc4)c4ccc(CO)cc4)ccc2-3)cc1. The molecule has 3 N–H and O–H groups in total. The first-order chi connectivity index (χ1) is 23.8. The van der Waals surface area contributed by atoms with E-state index in [9.17, 15) is 15.3 Å². The molecule has 0 heterocycles. The van der Waals surface area contributed by atoms with Gasteiger partial charge in [0.05, 0.1) is 19.8 Å². The van der Waals surface area contributed by atoms with Crippen LogP contribution in [0.4, 0.5) is 34.1 Å². The summed E-state index contributed by atoms with van der Waals surface area (Å²) >= 11 is 0. The minimum atomic E-state index is -0.275. The number of aliphatic hydroxyl groups excluding tert-OH is 3. The van der Waals surface area contributed by atoms with Crippen molar-refractivity contribution in [1.82, 2.24) is 0 Å². The molecule has 0 fully saturated rings. The molecular weight excluding hydrogens is 604 g/mol. The Kier molecular flexibility index (Phi) is 8.82. The maximum Gasteiger partial charge on any atom is 0.0681 e. The van der Waals surface area contributed by atoms with Gasteiger partial charge in [0.2, 0.25) is 0 Å². The normalized spacial score (nSPS) is 12.8. The molecule has 6 aromatic rings. The van der Waals surface area contributed by atoms with Crippen LogP contribution in [0.1, 0.15) is 54.2 Å². The van der Waals surface area contributed by atoms with Crippen LogP contribution in [-0.4, -0.2) is 15.3 Å². The van der Waals surface area contributed by atoms with Gasteiger partial charge >= 0.3 is 0 Å². The van der Waals surface area contributed by atoms with E-state index in [0.29, 0.717) is 0 Å². The van der Waals surface area contributed by atoms with Crippen LogP contribution in [0.3, 0.4) is 0 Å². The van der Waals surface area contributed by atoms with Crippen molar-refractivity contribution in [2.24, 2.45) is 0 Å². The number of nitrogens with zero attached hydrogens (tertiary/aromatic N) is 2. The van der Waals surface area contributed by atoms with Crippen molar-refractivity contribution >= 4 is 34.1 Å². The molecule has 0 saturated carbocycles. The van der Waals surface area contributed by atoms with Crippen molar-refractivity contribution in [3.63, 3.8) is 0 Å². The van der Waals surface area contributed by atoms with E-state index in [4.69, 9.17) is 0 Å². The molecular formula is C44H42N2O3. The number of hydrogen-bond acceptors (Lipinski definition) is 5. The smallest absolute Gasteiger partial charge is 0.0681 e. The van der Waals surface area contributed by atoms with Crippen LogP contribution in [0.15, 0.2) is 133 Å². The van der Waals surface area contributed by atoms with Crippen molar-refractivity contribution in [2.75, 3.05) is 9.80 Å². The van der Waals surface area contributed by atoms with Crippen LogP contribution in [0.2, 0.25) is 0 Å². The fourth-order valence-corrected chi connectivity index (χ4v) is 7.02. The summed E-state index contributed by atoms with van der Waals surface area (Å²) in [5.74, 6) is 0. The number of anilines is 6. The molecule has 6 aromatic carbocycles. The van der Waals surface area contributed by atoms with E-state index in [1.807, 2.05) is 60.7 Å².